The van der Waals surface area contributed by atoms with Crippen LogP contribution < -0.4 is 16.2 Å². The van der Waals surface area contributed by atoms with Crippen molar-refractivity contribution in [2.45, 2.75) is 51.0 Å². The molecule has 0 atom stereocenters. The number of aryl methyl sites for hydroxylation is 2. The molecule has 2 aliphatic rings. The van der Waals surface area contributed by atoms with Crippen LogP contribution >= 0.6 is 12.4 Å². The molecule has 1 aliphatic carbocycles. The zero-order valence-electron chi connectivity index (χ0n) is 16.1. The third-order valence-electron chi connectivity index (χ3n) is 5.52. The third kappa shape index (κ3) is 4.21. The number of hydrogen-bond donors (Lipinski definition) is 2. The van der Waals surface area contributed by atoms with Gasteiger partial charge in [0.25, 0.3) is 5.56 Å². The van der Waals surface area contributed by atoms with E-state index in [1.165, 1.54) is 0 Å². The number of nitrogens with two attached hydrogens (primary N) is 1. The first-order valence-electron chi connectivity index (χ1n) is 9.60. The van der Waals surface area contributed by atoms with E-state index in [-0.39, 0.29) is 18.0 Å². The fourth-order valence-corrected chi connectivity index (χ4v) is 3.84. The molecule has 2 aromatic rings. The highest BCUT2D eigenvalue weighted by Gasteiger charge is 2.35. The molecule has 4 rings (SSSR count). The zero-order chi connectivity index (χ0) is 18.9. The summed E-state index contributed by atoms with van der Waals surface area (Å²) < 4.78 is 10.7. The number of aromatic nitrogens is 4. The van der Waals surface area contributed by atoms with E-state index < -0.39 is 5.54 Å². The molecule has 2 fully saturated rings. The first-order chi connectivity index (χ1) is 13.0. The lowest BCUT2D eigenvalue weighted by Gasteiger charge is -2.27. The summed E-state index contributed by atoms with van der Waals surface area (Å²) in [6, 6.07) is 0. The van der Waals surface area contributed by atoms with Crippen LogP contribution in [0.5, 0.6) is 0 Å². The highest BCUT2D eigenvalue weighted by molar-refractivity contribution is 5.85. The predicted molar refractivity (Wildman–Crippen MR) is 106 cm³/mol. The molecule has 1 aliphatic heterocycles. The number of morpholine rings is 1. The quantitative estimate of drug-likeness (QED) is 0.754. The van der Waals surface area contributed by atoms with Crippen LogP contribution in [0.25, 0.3) is 0 Å². The topological polar surface area (TPSA) is 123 Å². The number of hydrogen-bond acceptors (Lipinski definition) is 8. The smallest absolute Gasteiger partial charge is 0.255 e. The Morgan fingerprint density at radius 3 is 2.57 bits per heavy atom. The second kappa shape index (κ2) is 8.59. The summed E-state index contributed by atoms with van der Waals surface area (Å²) in [5, 5.41) is 4.07. The first kappa shape index (κ1) is 20.8. The van der Waals surface area contributed by atoms with Gasteiger partial charge in [0.15, 0.2) is 5.82 Å². The minimum atomic E-state index is -0.462. The van der Waals surface area contributed by atoms with Crippen molar-refractivity contribution >= 4 is 18.4 Å². The Morgan fingerprint density at radius 1 is 1.18 bits per heavy atom. The van der Waals surface area contributed by atoms with Gasteiger partial charge >= 0.3 is 0 Å². The number of H-pyrrole nitrogens is 1. The average molecular weight is 411 g/mol. The predicted octanol–water partition coefficient (Wildman–Crippen LogP) is 1.23. The summed E-state index contributed by atoms with van der Waals surface area (Å²) in [6.07, 6.45) is 4.95. The normalized spacial score (nSPS) is 18.9. The summed E-state index contributed by atoms with van der Waals surface area (Å²) >= 11 is 0. The lowest BCUT2D eigenvalue weighted by atomic mass is 9.99. The van der Waals surface area contributed by atoms with E-state index in [4.69, 9.17) is 15.0 Å². The zero-order valence-corrected chi connectivity index (χ0v) is 16.9. The Kier molecular flexibility index (Phi) is 6.36. The SMILES string of the molecule is Cc1nc(N2CCOCC2)[nH]c(=O)c1CCc1nc(C2(N)CCCC2)no1.Cl. The molecule has 28 heavy (non-hydrogen) atoms. The van der Waals surface area contributed by atoms with E-state index in [1.807, 2.05) is 11.8 Å². The number of aromatic amines is 1. The number of ether oxygens (including phenoxy) is 1. The minimum Gasteiger partial charge on any atom is -0.378 e. The Balaban J connectivity index is 0.00000225. The molecule has 0 radical (unpaired) electrons. The van der Waals surface area contributed by atoms with Crippen LogP contribution in [0.2, 0.25) is 0 Å². The Hall–Kier alpha value is -1.97. The number of halogens is 1. The van der Waals surface area contributed by atoms with E-state index in [0.717, 1.165) is 44.5 Å². The van der Waals surface area contributed by atoms with Crippen molar-refractivity contribution in [3.05, 3.63) is 33.3 Å². The monoisotopic (exact) mass is 410 g/mol. The fraction of sp³-hybridized carbons (Fsp3) is 0.667. The summed E-state index contributed by atoms with van der Waals surface area (Å²) in [4.78, 5) is 26.5. The minimum absolute atomic E-state index is 0. The molecule has 1 saturated carbocycles. The highest BCUT2D eigenvalue weighted by atomic mass is 35.5. The largest absolute Gasteiger partial charge is 0.378 e. The number of nitrogens with zero attached hydrogens (tertiary/aromatic N) is 4. The van der Waals surface area contributed by atoms with Crippen molar-refractivity contribution in [3.8, 4) is 0 Å². The van der Waals surface area contributed by atoms with Crippen LogP contribution in [0, 0.1) is 6.92 Å². The molecule has 1 saturated heterocycles. The summed E-state index contributed by atoms with van der Waals surface area (Å²) in [6.45, 7) is 4.61. The molecule has 0 aromatic carbocycles. The van der Waals surface area contributed by atoms with Gasteiger partial charge < -0.3 is 19.9 Å². The van der Waals surface area contributed by atoms with Gasteiger partial charge in [-0.05, 0) is 26.2 Å². The van der Waals surface area contributed by atoms with Gasteiger partial charge in [0, 0.05) is 30.8 Å². The first-order valence-corrected chi connectivity index (χ1v) is 9.60. The third-order valence-corrected chi connectivity index (χ3v) is 5.52. The van der Waals surface area contributed by atoms with E-state index in [1.54, 1.807) is 0 Å². The van der Waals surface area contributed by atoms with Crippen LogP contribution in [0.1, 0.15) is 48.7 Å². The summed E-state index contributed by atoms with van der Waals surface area (Å²) in [5.41, 5.74) is 7.17. The van der Waals surface area contributed by atoms with Crippen molar-refractivity contribution < 1.29 is 9.26 Å². The van der Waals surface area contributed by atoms with Gasteiger partial charge in [-0.2, -0.15) is 4.98 Å². The fourth-order valence-electron chi connectivity index (χ4n) is 3.84. The molecule has 3 N–H and O–H groups in total. The van der Waals surface area contributed by atoms with Gasteiger partial charge in [0.2, 0.25) is 11.8 Å². The highest BCUT2D eigenvalue weighted by Crippen LogP contribution is 2.34. The number of nitrogens with one attached hydrogen (secondary N) is 1. The van der Waals surface area contributed by atoms with Crippen LogP contribution in [0.3, 0.4) is 0 Å². The maximum Gasteiger partial charge on any atom is 0.255 e. The van der Waals surface area contributed by atoms with E-state index >= 15 is 0 Å². The van der Waals surface area contributed by atoms with Crippen molar-refractivity contribution in [2.24, 2.45) is 5.73 Å². The lowest BCUT2D eigenvalue weighted by Crippen LogP contribution is -2.38. The standard InChI is InChI=1S/C18H26N6O3.ClH/c1-12-13(15(25)22-17(20-12)24-8-10-26-11-9-24)4-5-14-21-16(23-27-14)18(19)6-2-3-7-18;/h2-11,19H2,1H3,(H,20,22,25);1H. The molecule has 9 nitrogen and oxygen atoms in total. The van der Waals surface area contributed by atoms with Crippen molar-refractivity contribution in [1.82, 2.24) is 20.1 Å². The molecule has 10 heteroatoms. The summed E-state index contributed by atoms with van der Waals surface area (Å²) in [7, 11) is 0. The second-order valence-corrected chi connectivity index (χ2v) is 7.43. The molecule has 0 spiro atoms. The lowest BCUT2D eigenvalue weighted by molar-refractivity contribution is 0.122. The summed E-state index contributed by atoms with van der Waals surface area (Å²) in [5.74, 6) is 1.70. The van der Waals surface area contributed by atoms with Crippen molar-refractivity contribution in [3.63, 3.8) is 0 Å². The molecule has 0 bridgehead atoms. The number of anilines is 1. The molecule has 0 unspecified atom stereocenters. The van der Waals surface area contributed by atoms with Crippen LogP contribution in [0.15, 0.2) is 9.32 Å². The van der Waals surface area contributed by atoms with E-state index in [2.05, 4.69) is 20.1 Å². The van der Waals surface area contributed by atoms with Crippen molar-refractivity contribution in [2.75, 3.05) is 31.2 Å². The Bertz CT molecular complexity index is 855. The van der Waals surface area contributed by atoms with Gasteiger partial charge in [-0.1, -0.05) is 18.0 Å². The van der Waals surface area contributed by atoms with Crippen LogP contribution in [0.4, 0.5) is 5.95 Å². The molecule has 3 heterocycles. The Labute approximate surface area is 169 Å². The van der Waals surface area contributed by atoms with Crippen molar-refractivity contribution in [1.29, 1.82) is 0 Å². The second-order valence-electron chi connectivity index (χ2n) is 7.43. The number of rotatable bonds is 5. The maximum absolute atomic E-state index is 12.6. The Morgan fingerprint density at radius 2 is 1.89 bits per heavy atom. The van der Waals surface area contributed by atoms with Gasteiger partial charge in [0.1, 0.15) is 0 Å². The molecular formula is C18H27ClN6O3. The maximum atomic E-state index is 12.6. The molecular weight excluding hydrogens is 384 g/mol. The van der Waals surface area contributed by atoms with Crippen LogP contribution in [-0.4, -0.2) is 46.4 Å². The molecule has 0 amide bonds. The molecule has 154 valence electrons. The van der Waals surface area contributed by atoms with Crippen LogP contribution in [-0.2, 0) is 23.1 Å². The van der Waals surface area contributed by atoms with Gasteiger partial charge in [-0.25, -0.2) is 4.98 Å². The molecule has 2 aromatic heterocycles. The average Bonchev–Trinajstić information content (AvgIpc) is 3.32. The van der Waals surface area contributed by atoms with E-state index in [0.29, 0.717) is 49.3 Å². The van der Waals surface area contributed by atoms with Gasteiger partial charge in [-0.15, -0.1) is 12.4 Å². The van der Waals surface area contributed by atoms with E-state index in [9.17, 15) is 4.79 Å². The van der Waals surface area contributed by atoms with Gasteiger partial charge in [0.05, 0.1) is 18.8 Å². The van der Waals surface area contributed by atoms with Gasteiger partial charge in [-0.3, -0.25) is 9.78 Å².